The highest BCUT2D eigenvalue weighted by atomic mass is 19.4. The van der Waals surface area contributed by atoms with E-state index in [2.05, 4.69) is 4.84 Å². The lowest BCUT2D eigenvalue weighted by atomic mass is 10.1. The van der Waals surface area contributed by atoms with Crippen LogP contribution < -0.4 is 5.48 Å². The van der Waals surface area contributed by atoms with Crippen LogP contribution in [0.2, 0.25) is 0 Å². The van der Waals surface area contributed by atoms with Crippen LogP contribution in [-0.4, -0.2) is 18.7 Å². The van der Waals surface area contributed by atoms with Gasteiger partial charge >= 0.3 is 6.18 Å². The molecule has 1 rings (SSSR count). The van der Waals surface area contributed by atoms with E-state index < -0.39 is 18.7 Å². The molecular weight excluding hydrogens is 235 g/mol. The van der Waals surface area contributed by atoms with Crippen LogP contribution in [0.25, 0.3) is 0 Å². The highest BCUT2D eigenvalue weighted by Gasteiger charge is 2.28. The van der Waals surface area contributed by atoms with Gasteiger partial charge in [0.15, 0.2) is 6.61 Å². The molecule has 0 atom stereocenters. The standard InChI is InChI=1S/C11H12F3NO2/c1-7-3-4-8(2)9(5-7)10(16)15-17-6-11(12,13)14/h3-5H,6H2,1-2H3,(H,15,16). The third kappa shape index (κ3) is 4.44. The number of alkyl halides is 3. The van der Waals surface area contributed by atoms with Gasteiger partial charge in [-0.2, -0.15) is 13.2 Å². The SMILES string of the molecule is Cc1ccc(C)c(C(=O)NOCC(F)(F)F)c1. The second-order valence-electron chi connectivity index (χ2n) is 3.65. The summed E-state index contributed by atoms with van der Waals surface area (Å²) in [5, 5.41) is 0. The number of benzene rings is 1. The largest absolute Gasteiger partial charge is 0.414 e. The lowest BCUT2D eigenvalue weighted by Gasteiger charge is -2.10. The molecule has 1 aromatic rings. The first-order chi connectivity index (χ1) is 7.79. The summed E-state index contributed by atoms with van der Waals surface area (Å²) in [7, 11) is 0. The third-order valence-corrected chi connectivity index (χ3v) is 2.04. The van der Waals surface area contributed by atoms with Crippen LogP contribution in [0.3, 0.4) is 0 Å². The molecule has 1 N–H and O–H groups in total. The monoisotopic (exact) mass is 247 g/mol. The van der Waals surface area contributed by atoms with Crippen molar-refractivity contribution in [2.45, 2.75) is 20.0 Å². The fourth-order valence-electron chi connectivity index (χ4n) is 1.22. The van der Waals surface area contributed by atoms with Gasteiger partial charge in [0.2, 0.25) is 0 Å². The highest BCUT2D eigenvalue weighted by molar-refractivity contribution is 5.95. The quantitative estimate of drug-likeness (QED) is 0.833. The lowest BCUT2D eigenvalue weighted by Crippen LogP contribution is -2.30. The number of aryl methyl sites for hydroxylation is 2. The zero-order chi connectivity index (χ0) is 13.1. The number of halogens is 3. The predicted octanol–water partition coefficient (Wildman–Crippen LogP) is 2.53. The van der Waals surface area contributed by atoms with Gasteiger partial charge in [0.25, 0.3) is 5.91 Å². The van der Waals surface area contributed by atoms with Crippen LogP contribution in [0, 0.1) is 13.8 Å². The number of carbonyl (C=O) groups is 1. The summed E-state index contributed by atoms with van der Waals surface area (Å²) in [4.78, 5) is 15.6. The van der Waals surface area contributed by atoms with Crippen molar-refractivity contribution in [1.82, 2.24) is 5.48 Å². The Morgan fingerprint density at radius 2 is 2.00 bits per heavy atom. The molecule has 0 aliphatic carbocycles. The summed E-state index contributed by atoms with van der Waals surface area (Å²) in [5.41, 5.74) is 3.58. The van der Waals surface area contributed by atoms with Crippen molar-refractivity contribution in [3.05, 3.63) is 34.9 Å². The molecule has 0 heterocycles. The van der Waals surface area contributed by atoms with Crippen LogP contribution >= 0.6 is 0 Å². The molecular formula is C11H12F3NO2. The van der Waals surface area contributed by atoms with E-state index in [1.165, 1.54) is 0 Å². The van der Waals surface area contributed by atoms with Gasteiger partial charge in [-0.3, -0.25) is 9.63 Å². The maximum Gasteiger partial charge on any atom is 0.414 e. The molecule has 17 heavy (non-hydrogen) atoms. The average molecular weight is 247 g/mol. The highest BCUT2D eigenvalue weighted by Crippen LogP contribution is 2.14. The Hall–Kier alpha value is -1.56. The molecule has 0 aliphatic heterocycles. The molecule has 0 fully saturated rings. The van der Waals surface area contributed by atoms with E-state index in [0.29, 0.717) is 11.1 Å². The maximum absolute atomic E-state index is 11.8. The van der Waals surface area contributed by atoms with E-state index >= 15 is 0 Å². The topological polar surface area (TPSA) is 38.3 Å². The van der Waals surface area contributed by atoms with Crippen molar-refractivity contribution >= 4 is 5.91 Å². The molecule has 1 aromatic carbocycles. The Morgan fingerprint density at radius 1 is 1.35 bits per heavy atom. The van der Waals surface area contributed by atoms with E-state index in [4.69, 9.17) is 0 Å². The van der Waals surface area contributed by atoms with Crippen molar-refractivity contribution < 1.29 is 22.8 Å². The summed E-state index contributed by atoms with van der Waals surface area (Å²) < 4.78 is 35.3. The maximum atomic E-state index is 11.8. The zero-order valence-electron chi connectivity index (χ0n) is 9.39. The van der Waals surface area contributed by atoms with Crippen molar-refractivity contribution in [2.75, 3.05) is 6.61 Å². The molecule has 0 aliphatic rings. The summed E-state index contributed by atoms with van der Waals surface area (Å²) in [5.74, 6) is -0.685. The summed E-state index contributed by atoms with van der Waals surface area (Å²) >= 11 is 0. The van der Waals surface area contributed by atoms with Crippen LogP contribution in [0.1, 0.15) is 21.5 Å². The Kier molecular flexibility index (Phi) is 4.11. The second-order valence-corrected chi connectivity index (χ2v) is 3.65. The normalized spacial score (nSPS) is 11.4. The Morgan fingerprint density at radius 3 is 2.59 bits per heavy atom. The number of hydrogen-bond donors (Lipinski definition) is 1. The van der Waals surface area contributed by atoms with E-state index in [-0.39, 0.29) is 0 Å². The number of amides is 1. The molecule has 94 valence electrons. The Balaban J connectivity index is 2.61. The molecule has 0 spiro atoms. The minimum atomic E-state index is -4.46. The van der Waals surface area contributed by atoms with Gasteiger partial charge in [-0.1, -0.05) is 17.7 Å². The first-order valence-electron chi connectivity index (χ1n) is 4.86. The Labute approximate surface area is 96.5 Å². The fourth-order valence-corrected chi connectivity index (χ4v) is 1.22. The summed E-state index contributed by atoms with van der Waals surface area (Å²) in [6, 6.07) is 5.11. The predicted molar refractivity (Wildman–Crippen MR) is 55.4 cm³/mol. The van der Waals surface area contributed by atoms with Crippen LogP contribution in [0.4, 0.5) is 13.2 Å². The molecule has 0 saturated carbocycles. The van der Waals surface area contributed by atoms with E-state index in [1.807, 2.05) is 6.07 Å². The lowest BCUT2D eigenvalue weighted by molar-refractivity contribution is -0.184. The number of carbonyl (C=O) groups excluding carboxylic acids is 1. The number of nitrogens with one attached hydrogen (secondary N) is 1. The van der Waals surface area contributed by atoms with Crippen LogP contribution in [0.5, 0.6) is 0 Å². The second kappa shape index (κ2) is 5.18. The molecule has 0 unspecified atom stereocenters. The van der Waals surface area contributed by atoms with Gasteiger partial charge in [-0.15, -0.1) is 0 Å². The first kappa shape index (κ1) is 13.5. The molecule has 3 nitrogen and oxygen atoms in total. The molecule has 0 saturated heterocycles. The number of hydroxylamine groups is 1. The van der Waals surface area contributed by atoms with Crippen molar-refractivity contribution in [3.8, 4) is 0 Å². The number of rotatable bonds is 3. The summed E-state index contributed by atoms with van der Waals surface area (Å²) in [6.07, 6.45) is -4.46. The minimum Gasteiger partial charge on any atom is -0.267 e. The molecule has 1 amide bonds. The summed E-state index contributed by atoms with van der Waals surface area (Å²) in [6.45, 7) is 1.97. The van der Waals surface area contributed by atoms with Crippen LogP contribution in [0.15, 0.2) is 18.2 Å². The van der Waals surface area contributed by atoms with Gasteiger partial charge in [-0.25, -0.2) is 5.48 Å². The van der Waals surface area contributed by atoms with Gasteiger partial charge in [0.05, 0.1) is 0 Å². The number of hydrogen-bond acceptors (Lipinski definition) is 2. The molecule has 6 heteroatoms. The fraction of sp³-hybridized carbons (Fsp3) is 0.364. The van der Waals surface area contributed by atoms with Crippen LogP contribution in [-0.2, 0) is 4.84 Å². The van der Waals surface area contributed by atoms with Gasteiger partial charge < -0.3 is 0 Å². The molecule has 0 radical (unpaired) electrons. The average Bonchev–Trinajstić information content (AvgIpc) is 2.19. The van der Waals surface area contributed by atoms with Crippen molar-refractivity contribution in [1.29, 1.82) is 0 Å². The minimum absolute atomic E-state index is 0.298. The molecule has 0 bridgehead atoms. The smallest absolute Gasteiger partial charge is 0.267 e. The third-order valence-electron chi connectivity index (χ3n) is 2.04. The molecule has 0 aromatic heterocycles. The Bertz CT molecular complexity index is 416. The van der Waals surface area contributed by atoms with E-state index in [0.717, 1.165) is 5.56 Å². The van der Waals surface area contributed by atoms with Gasteiger partial charge in [0.1, 0.15) is 0 Å². The van der Waals surface area contributed by atoms with Gasteiger partial charge in [-0.05, 0) is 25.5 Å². The van der Waals surface area contributed by atoms with Crippen molar-refractivity contribution in [3.63, 3.8) is 0 Å². The zero-order valence-corrected chi connectivity index (χ0v) is 9.39. The first-order valence-corrected chi connectivity index (χ1v) is 4.86. The van der Waals surface area contributed by atoms with Crippen molar-refractivity contribution in [2.24, 2.45) is 0 Å². The van der Waals surface area contributed by atoms with Gasteiger partial charge in [0, 0.05) is 5.56 Å². The van der Waals surface area contributed by atoms with E-state index in [1.54, 1.807) is 31.5 Å². The van der Waals surface area contributed by atoms with E-state index in [9.17, 15) is 18.0 Å².